The second-order valence-electron chi connectivity index (χ2n) is 5.81. The number of aliphatic hydroxyl groups is 1. The van der Waals surface area contributed by atoms with Crippen LogP contribution in [0.3, 0.4) is 0 Å². The zero-order valence-corrected chi connectivity index (χ0v) is 13.8. The van der Waals surface area contributed by atoms with Crippen LogP contribution < -0.4 is 5.32 Å². The van der Waals surface area contributed by atoms with Crippen molar-refractivity contribution in [2.75, 3.05) is 5.32 Å². The number of carbonyl (C=O) groups excluding carboxylic acids is 1. The Hall–Kier alpha value is -3.51. The number of carbonyl (C=O) groups is 1. The highest BCUT2D eigenvalue weighted by molar-refractivity contribution is 5.94. The van der Waals surface area contributed by atoms with Gasteiger partial charge in [0.2, 0.25) is 0 Å². The van der Waals surface area contributed by atoms with Crippen molar-refractivity contribution in [1.82, 2.24) is 14.5 Å². The largest absolute Gasteiger partial charge is 0.378 e. The van der Waals surface area contributed by atoms with E-state index in [0.29, 0.717) is 17.1 Å². The molecule has 0 aliphatic heterocycles. The van der Waals surface area contributed by atoms with Gasteiger partial charge in [-0.05, 0) is 29.8 Å². The second-order valence-corrected chi connectivity index (χ2v) is 5.81. The highest BCUT2D eigenvalue weighted by atomic mass is 16.3. The van der Waals surface area contributed by atoms with E-state index in [2.05, 4.69) is 15.3 Å². The average Bonchev–Trinajstić information content (AvgIpc) is 3.13. The molecule has 1 amide bonds. The molecule has 4 aromatic rings. The molecule has 0 spiro atoms. The Morgan fingerprint density at radius 3 is 2.50 bits per heavy atom. The van der Waals surface area contributed by atoms with Crippen molar-refractivity contribution in [3.8, 4) is 5.82 Å². The molecule has 4 rings (SSSR count). The van der Waals surface area contributed by atoms with E-state index in [4.69, 9.17) is 0 Å². The van der Waals surface area contributed by atoms with Crippen molar-refractivity contribution in [3.63, 3.8) is 0 Å². The maximum Gasteiger partial charge on any atom is 0.257 e. The number of benzene rings is 2. The zero-order valence-electron chi connectivity index (χ0n) is 13.8. The van der Waals surface area contributed by atoms with Gasteiger partial charge in [0, 0.05) is 0 Å². The Morgan fingerprint density at radius 1 is 0.962 bits per heavy atom. The van der Waals surface area contributed by atoms with Gasteiger partial charge in [-0.2, -0.15) is 0 Å². The number of amides is 1. The Bertz CT molecular complexity index is 1040. The smallest absolute Gasteiger partial charge is 0.257 e. The molecule has 0 aliphatic rings. The molecule has 2 N–H and O–H groups in total. The summed E-state index contributed by atoms with van der Waals surface area (Å²) >= 11 is 0. The fraction of sp³-hybridized carbons (Fsp3) is 0.0500. The Kier molecular flexibility index (Phi) is 4.17. The first-order valence-electron chi connectivity index (χ1n) is 8.15. The van der Waals surface area contributed by atoms with E-state index in [9.17, 15) is 9.90 Å². The molecule has 6 heteroatoms. The number of aromatic nitrogens is 3. The van der Waals surface area contributed by atoms with E-state index >= 15 is 0 Å². The number of fused-ring (bicyclic) bond motifs is 1. The molecular weight excluding hydrogens is 328 g/mol. The van der Waals surface area contributed by atoms with Crippen molar-refractivity contribution < 1.29 is 9.90 Å². The fourth-order valence-electron chi connectivity index (χ4n) is 2.74. The number of imidazole rings is 1. The number of pyridine rings is 1. The molecule has 128 valence electrons. The van der Waals surface area contributed by atoms with Crippen molar-refractivity contribution in [2.45, 2.75) is 6.10 Å². The molecule has 0 saturated carbocycles. The summed E-state index contributed by atoms with van der Waals surface area (Å²) in [6.45, 7) is 0. The molecule has 0 bridgehead atoms. The quantitative estimate of drug-likeness (QED) is 0.596. The molecule has 2 aromatic carbocycles. The van der Waals surface area contributed by atoms with Crippen LogP contribution in [0.1, 0.15) is 11.7 Å². The normalized spacial score (nSPS) is 12.0. The van der Waals surface area contributed by atoms with Gasteiger partial charge in [-0.15, -0.1) is 0 Å². The van der Waals surface area contributed by atoms with Crippen LogP contribution in [0.25, 0.3) is 16.9 Å². The number of nitrogens with zero attached hydrogens (tertiary/aromatic N) is 3. The lowest BCUT2D eigenvalue weighted by Crippen LogP contribution is -2.20. The summed E-state index contributed by atoms with van der Waals surface area (Å²) < 4.78 is 1.87. The summed E-state index contributed by atoms with van der Waals surface area (Å²) in [6, 6.07) is 20.1. The van der Waals surface area contributed by atoms with Gasteiger partial charge < -0.3 is 10.4 Å². The monoisotopic (exact) mass is 344 g/mol. The predicted molar refractivity (Wildman–Crippen MR) is 98.9 cm³/mol. The van der Waals surface area contributed by atoms with E-state index in [1.807, 2.05) is 34.9 Å². The highest BCUT2D eigenvalue weighted by Gasteiger charge is 2.17. The minimum absolute atomic E-state index is 0.501. The summed E-state index contributed by atoms with van der Waals surface area (Å²) in [5.74, 6) is 0.194. The van der Waals surface area contributed by atoms with Gasteiger partial charge in [0.15, 0.2) is 6.10 Å². The van der Waals surface area contributed by atoms with Crippen LogP contribution in [0.5, 0.6) is 0 Å². The molecule has 1 atom stereocenters. The molecule has 0 saturated heterocycles. The van der Waals surface area contributed by atoms with Crippen LogP contribution in [0.4, 0.5) is 5.69 Å². The Labute approximate surface area is 149 Å². The van der Waals surface area contributed by atoms with Gasteiger partial charge in [0.1, 0.15) is 12.1 Å². The van der Waals surface area contributed by atoms with Crippen molar-refractivity contribution in [2.24, 2.45) is 0 Å². The minimum atomic E-state index is -1.23. The van der Waals surface area contributed by atoms with Gasteiger partial charge in [-0.25, -0.2) is 9.97 Å². The van der Waals surface area contributed by atoms with Crippen LogP contribution in [0.2, 0.25) is 0 Å². The molecule has 2 heterocycles. The third-order valence-electron chi connectivity index (χ3n) is 4.08. The summed E-state index contributed by atoms with van der Waals surface area (Å²) in [5, 5.41) is 12.8. The maximum absolute atomic E-state index is 12.2. The summed E-state index contributed by atoms with van der Waals surface area (Å²) in [5.41, 5.74) is 2.89. The first-order valence-corrected chi connectivity index (χ1v) is 8.15. The number of hydrogen-bond acceptors (Lipinski definition) is 4. The molecule has 0 aliphatic carbocycles. The molecule has 0 radical (unpaired) electrons. The van der Waals surface area contributed by atoms with Crippen molar-refractivity contribution in [1.29, 1.82) is 0 Å². The molecule has 1 unspecified atom stereocenters. The van der Waals surface area contributed by atoms with Crippen molar-refractivity contribution in [3.05, 3.63) is 84.8 Å². The molecular formula is C20H16N4O2. The second kappa shape index (κ2) is 6.78. The standard InChI is InChI=1S/C20H16N4O2/c25-19(14-6-2-1-3-7-14)20(26)23-15-10-11-18(21-12-15)24-13-22-16-8-4-5-9-17(16)24/h1-13,19,25H,(H,23,26). The van der Waals surface area contributed by atoms with E-state index in [1.165, 1.54) is 0 Å². The SMILES string of the molecule is O=C(Nc1ccc(-n2cnc3ccccc32)nc1)C(O)c1ccccc1. The predicted octanol–water partition coefficient (Wildman–Crippen LogP) is 3.09. The number of rotatable bonds is 4. The summed E-state index contributed by atoms with van der Waals surface area (Å²) in [4.78, 5) is 20.9. The highest BCUT2D eigenvalue weighted by Crippen LogP contribution is 2.19. The lowest BCUT2D eigenvalue weighted by Gasteiger charge is -2.12. The fourth-order valence-corrected chi connectivity index (χ4v) is 2.74. The van der Waals surface area contributed by atoms with Gasteiger partial charge in [0.05, 0.1) is 22.9 Å². The number of hydrogen-bond donors (Lipinski definition) is 2. The number of para-hydroxylation sites is 2. The third-order valence-corrected chi connectivity index (χ3v) is 4.08. The molecule has 26 heavy (non-hydrogen) atoms. The summed E-state index contributed by atoms with van der Waals surface area (Å²) in [7, 11) is 0. The van der Waals surface area contributed by atoms with E-state index in [0.717, 1.165) is 11.0 Å². The maximum atomic E-state index is 12.2. The first kappa shape index (κ1) is 16.0. The van der Waals surface area contributed by atoms with Crippen molar-refractivity contribution >= 4 is 22.6 Å². The number of anilines is 1. The Morgan fingerprint density at radius 2 is 1.73 bits per heavy atom. The zero-order chi connectivity index (χ0) is 17.9. The lowest BCUT2D eigenvalue weighted by atomic mass is 10.1. The van der Waals surface area contributed by atoms with Crippen LogP contribution in [-0.2, 0) is 4.79 Å². The molecule has 0 fully saturated rings. The minimum Gasteiger partial charge on any atom is -0.378 e. The van der Waals surface area contributed by atoms with Gasteiger partial charge >= 0.3 is 0 Å². The number of aliphatic hydroxyl groups excluding tert-OH is 1. The van der Waals surface area contributed by atoms with Gasteiger partial charge in [-0.1, -0.05) is 42.5 Å². The average molecular weight is 344 g/mol. The van der Waals surface area contributed by atoms with Crippen LogP contribution in [-0.4, -0.2) is 25.5 Å². The Balaban J connectivity index is 1.52. The first-order chi connectivity index (χ1) is 12.7. The lowest BCUT2D eigenvalue weighted by molar-refractivity contribution is -0.124. The molecule has 6 nitrogen and oxygen atoms in total. The van der Waals surface area contributed by atoms with E-state index < -0.39 is 12.0 Å². The van der Waals surface area contributed by atoms with Gasteiger partial charge in [-0.3, -0.25) is 9.36 Å². The number of nitrogens with one attached hydrogen (secondary N) is 1. The van der Waals surface area contributed by atoms with E-state index in [1.54, 1.807) is 48.9 Å². The third kappa shape index (κ3) is 3.05. The van der Waals surface area contributed by atoms with Crippen LogP contribution in [0, 0.1) is 0 Å². The molecule has 2 aromatic heterocycles. The van der Waals surface area contributed by atoms with Crippen LogP contribution in [0.15, 0.2) is 79.3 Å². The van der Waals surface area contributed by atoms with Gasteiger partial charge in [0.25, 0.3) is 5.91 Å². The topological polar surface area (TPSA) is 80.0 Å². The van der Waals surface area contributed by atoms with E-state index in [-0.39, 0.29) is 0 Å². The van der Waals surface area contributed by atoms with Crippen LogP contribution >= 0.6 is 0 Å². The summed E-state index contributed by atoms with van der Waals surface area (Å²) in [6.07, 6.45) is 2.04.